The normalized spacial score (nSPS) is 14.6. The largest absolute Gasteiger partial charge is 0.366 e. The maximum atomic E-state index is 14.1. The first-order valence-electron chi connectivity index (χ1n) is 10.5. The third-order valence-electron chi connectivity index (χ3n) is 5.05. The minimum Gasteiger partial charge on any atom is -0.366 e. The lowest BCUT2D eigenvalue weighted by Crippen LogP contribution is -2.52. The molecule has 3 rings (SSSR count). The number of rotatable bonds is 6. The summed E-state index contributed by atoms with van der Waals surface area (Å²) < 4.78 is 14.1. The van der Waals surface area contributed by atoms with Gasteiger partial charge in [0.2, 0.25) is 0 Å². The lowest BCUT2D eigenvalue weighted by atomic mass is 10.1. The number of carbonyl (C=O) groups is 1. The summed E-state index contributed by atoms with van der Waals surface area (Å²) in [4.78, 5) is 21.1. The number of hydrogen-bond acceptors (Lipinski definition) is 3. The highest BCUT2D eigenvalue weighted by molar-refractivity contribution is 5.94. The van der Waals surface area contributed by atoms with Gasteiger partial charge in [0.25, 0.3) is 5.91 Å². The van der Waals surface area contributed by atoms with Crippen LogP contribution in [0.25, 0.3) is 0 Å². The van der Waals surface area contributed by atoms with Gasteiger partial charge in [-0.05, 0) is 43.7 Å². The molecule has 0 saturated carbocycles. The van der Waals surface area contributed by atoms with Crippen LogP contribution in [0.5, 0.6) is 0 Å². The van der Waals surface area contributed by atoms with Crippen molar-refractivity contribution < 1.29 is 9.18 Å². The molecule has 1 heterocycles. The Morgan fingerprint density at radius 3 is 2.43 bits per heavy atom. The molecule has 0 aromatic heterocycles. The van der Waals surface area contributed by atoms with E-state index in [1.54, 1.807) is 6.07 Å². The maximum absolute atomic E-state index is 14.1. The number of anilines is 1. The zero-order valence-corrected chi connectivity index (χ0v) is 17.7. The first-order valence-corrected chi connectivity index (χ1v) is 10.5. The van der Waals surface area contributed by atoms with E-state index in [4.69, 9.17) is 4.99 Å². The van der Waals surface area contributed by atoms with Crippen LogP contribution in [-0.4, -0.2) is 56.0 Å². The number of aliphatic imine (C=N–C) groups is 1. The van der Waals surface area contributed by atoms with Crippen LogP contribution in [-0.2, 0) is 6.54 Å². The molecule has 1 amide bonds. The van der Waals surface area contributed by atoms with Crippen LogP contribution in [0.15, 0.2) is 53.5 Å². The van der Waals surface area contributed by atoms with Gasteiger partial charge in [-0.1, -0.05) is 24.3 Å². The molecule has 0 atom stereocenters. The molecule has 0 unspecified atom stereocenters. The van der Waals surface area contributed by atoms with Gasteiger partial charge in [-0.3, -0.25) is 4.79 Å². The van der Waals surface area contributed by atoms with Crippen LogP contribution in [0, 0.1) is 5.82 Å². The number of guanidine groups is 1. The zero-order valence-electron chi connectivity index (χ0n) is 17.7. The number of nitrogens with zero attached hydrogens (tertiary/aromatic N) is 3. The first kappa shape index (κ1) is 21.6. The second-order valence-electron chi connectivity index (χ2n) is 7.16. The Kier molecular flexibility index (Phi) is 7.65. The average molecular weight is 412 g/mol. The lowest BCUT2D eigenvalue weighted by molar-refractivity contribution is 0.0955. The molecule has 0 radical (unpaired) electrons. The first-order chi connectivity index (χ1) is 14.6. The Hall–Kier alpha value is -3.09. The van der Waals surface area contributed by atoms with Crippen molar-refractivity contribution in [3.05, 3.63) is 65.5 Å². The van der Waals surface area contributed by atoms with E-state index in [0.29, 0.717) is 24.3 Å². The molecule has 2 aromatic carbocycles. The number of halogens is 1. The number of carbonyl (C=O) groups excluding carboxylic acids is 1. The van der Waals surface area contributed by atoms with Gasteiger partial charge in [0.1, 0.15) is 5.82 Å². The molecule has 1 fully saturated rings. The van der Waals surface area contributed by atoms with Crippen molar-refractivity contribution in [1.29, 1.82) is 0 Å². The number of hydrogen-bond donors (Lipinski definition) is 2. The lowest BCUT2D eigenvalue weighted by Gasteiger charge is -2.37. The molecule has 1 saturated heterocycles. The van der Waals surface area contributed by atoms with Gasteiger partial charge in [0.15, 0.2) is 5.96 Å². The Morgan fingerprint density at radius 2 is 1.73 bits per heavy atom. The molecule has 6 nitrogen and oxygen atoms in total. The molecule has 0 spiro atoms. The predicted molar refractivity (Wildman–Crippen MR) is 119 cm³/mol. The molecule has 30 heavy (non-hydrogen) atoms. The molecule has 1 aliphatic heterocycles. The molecule has 0 aliphatic carbocycles. The van der Waals surface area contributed by atoms with Gasteiger partial charge in [-0.15, -0.1) is 0 Å². The Balaban J connectivity index is 1.65. The second-order valence-corrected chi connectivity index (χ2v) is 7.16. The summed E-state index contributed by atoms with van der Waals surface area (Å²) in [6.45, 7) is 8.80. The number of nitrogens with one attached hydrogen (secondary N) is 2. The van der Waals surface area contributed by atoms with Crippen LogP contribution in [0.4, 0.5) is 10.1 Å². The van der Waals surface area contributed by atoms with Gasteiger partial charge in [-0.2, -0.15) is 0 Å². The van der Waals surface area contributed by atoms with E-state index < -0.39 is 0 Å². The van der Waals surface area contributed by atoms with E-state index in [1.165, 1.54) is 6.07 Å². The topological polar surface area (TPSA) is 60.0 Å². The van der Waals surface area contributed by atoms with Crippen molar-refractivity contribution >= 4 is 17.6 Å². The summed E-state index contributed by atoms with van der Waals surface area (Å²) >= 11 is 0. The van der Waals surface area contributed by atoms with Crippen molar-refractivity contribution in [2.45, 2.75) is 20.4 Å². The van der Waals surface area contributed by atoms with Crippen molar-refractivity contribution in [3.63, 3.8) is 0 Å². The molecule has 0 bridgehead atoms. The average Bonchev–Trinajstić information content (AvgIpc) is 2.77. The van der Waals surface area contributed by atoms with Gasteiger partial charge in [0.05, 0.1) is 12.2 Å². The molecular weight excluding hydrogens is 381 g/mol. The molecule has 2 aromatic rings. The third-order valence-corrected chi connectivity index (χ3v) is 5.05. The second kappa shape index (κ2) is 10.6. The van der Waals surface area contributed by atoms with Gasteiger partial charge in [0, 0.05) is 44.8 Å². The number of piperazine rings is 1. The zero-order chi connectivity index (χ0) is 21.3. The third kappa shape index (κ3) is 5.49. The van der Waals surface area contributed by atoms with E-state index in [2.05, 4.69) is 20.4 Å². The van der Waals surface area contributed by atoms with Gasteiger partial charge >= 0.3 is 0 Å². The minimum atomic E-state index is -0.182. The summed E-state index contributed by atoms with van der Waals surface area (Å²) in [5, 5.41) is 6.17. The summed E-state index contributed by atoms with van der Waals surface area (Å²) in [5.74, 6) is 0.590. The van der Waals surface area contributed by atoms with Crippen LogP contribution in [0.3, 0.4) is 0 Å². The Morgan fingerprint density at radius 1 is 1.00 bits per heavy atom. The Labute approximate surface area is 177 Å². The highest BCUT2D eigenvalue weighted by atomic mass is 19.1. The molecular formula is C23H30FN5O. The van der Waals surface area contributed by atoms with Crippen molar-refractivity contribution in [2.75, 3.05) is 44.2 Å². The number of amides is 1. The predicted octanol–water partition coefficient (Wildman–Crippen LogP) is 2.86. The maximum Gasteiger partial charge on any atom is 0.251 e. The summed E-state index contributed by atoms with van der Waals surface area (Å²) in [7, 11) is 0. The smallest absolute Gasteiger partial charge is 0.251 e. The number of para-hydroxylation sites is 1. The fraction of sp³-hybridized carbons (Fsp3) is 0.391. The van der Waals surface area contributed by atoms with E-state index in [-0.39, 0.29) is 11.7 Å². The molecule has 1 aliphatic rings. The molecule has 7 heteroatoms. The van der Waals surface area contributed by atoms with Crippen molar-refractivity contribution in [3.8, 4) is 0 Å². The molecule has 160 valence electrons. The monoisotopic (exact) mass is 411 g/mol. The highest BCUT2D eigenvalue weighted by Gasteiger charge is 2.21. The van der Waals surface area contributed by atoms with E-state index in [1.807, 2.05) is 50.2 Å². The van der Waals surface area contributed by atoms with Crippen LogP contribution in [0.2, 0.25) is 0 Å². The SMILES string of the molecule is CCNC(=O)c1cccc(CN=C(NCC)N2CCN(c3ccccc3F)CC2)c1. The van der Waals surface area contributed by atoms with Crippen molar-refractivity contribution in [2.24, 2.45) is 4.99 Å². The van der Waals surface area contributed by atoms with Crippen LogP contribution < -0.4 is 15.5 Å². The summed E-state index contributed by atoms with van der Waals surface area (Å²) in [6.07, 6.45) is 0. The summed E-state index contributed by atoms with van der Waals surface area (Å²) in [6, 6.07) is 14.5. The molecule has 2 N–H and O–H groups in total. The van der Waals surface area contributed by atoms with E-state index in [0.717, 1.165) is 44.2 Å². The minimum absolute atomic E-state index is 0.0699. The fourth-order valence-corrected chi connectivity index (χ4v) is 3.53. The number of benzene rings is 2. The quantitative estimate of drug-likeness (QED) is 0.567. The van der Waals surface area contributed by atoms with Crippen molar-refractivity contribution in [1.82, 2.24) is 15.5 Å². The Bertz CT molecular complexity index is 877. The van der Waals surface area contributed by atoms with Crippen LogP contribution in [0.1, 0.15) is 29.8 Å². The standard InChI is InChI=1S/C23H30FN5O/c1-3-25-22(30)19-9-7-8-18(16-19)17-27-23(26-4-2)29-14-12-28(13-15-29)21-11-6-5-10-20(21)24/h5-11,16H,3-4,12-15,17H2,1-2H3,(H,25,30)(H,26,27). The highest BCUT2D eigenvalue weighted by Crippen LogP contribution is 2.20. The van der Waals surface area contributed by atoms with Gasteiger partial charge < -0.3 is 20.4 Å². The van der Waals surface area contributed by atoms with Gasteiger partial charge in [-0.25, -0.2) is 9.38 Å². The van der Waals surface area contributed by atoms with Crippen LogP contribution >= 0.6 is 0 Å². The van der Waals surface area contributed by atoms with E-state index in [9.17, 15) is 9.18 Å². The fourth-order valence-electron chi connectivity index (χ4n) is 3.53. The summed E-state index contributed by atoms with van der Waals surface area (Å²) in [5.41, 5.74) is 2.29. The van der Waals surface area contributed by atoms with E-state index >= 15 is 0 Å².